The standard InChI is InChI=1S/C11H11F3O6S/c12-11(13,14)6-2-1-3-7(4-6)21(19,20)5-8(15)9(16)10(17)18/h1-4,8-9,15-16H,5H2,(H,17,18)/t8?,9-/m1/s1. The molecule has 0 bridgehead atoms. The molecular formula is C11H11F3O6S. The molecule has 0 saturated carbocycles. The summed E-state index contributed by atoms with van der Waals surface area (Å²) in [7, 11) is -4.39. The van der Waals surface area contributed by atoms with Crippen molar-refractivity contribution in [1.82, 2.24) is 0 Å². The van der Waals surface area contributed by atoms with Gasteiger partial charge in [-0.25, -0.2) is 13.2 Å². The zero-order chi connectivity index (χ0) is 16.4. The minimum absolute atomic E-state index is 0.370. The molecule has 118 valence electrons. The number of halogens is 3. The summed E-state index contributed by atoms with van der Waals surface area (Å²) in [5.74, 6) is -3.07. The third-order valence-corrected chi connectivity index (χ3v) is 4.28. The van der Waals surface area contributed by atoms with E-state index in [0.29, 0.717) is 12.1 Å². The van der Waals surface area contributed by atoms with E-state index in [0.717, 1.165) is 12.1 Å². The van der Waals surface area contributed by atoms with Crippen molar-refractivity contribution in [2.75, 3.05) is 5.75 Å². The summed E-state index contributed by atoms with van der Waals surface area (Å²) >= 11 is 0. The number of hydrogen-bond acceptors (Lipinski definition) is 5. The van der Waals surface area contributed by atoms with Gasteiger partial charge in [-0.2, -0.15) is 13.2 Å². The molecule has 3 N–H and O–H groups in total. The van der Waals surface area contributed by atoms with Crippen LogP contribution in [0.5, 0.6) is 0 Å². The lowest BCUT2D eigenvalue weighted by atomic mass is 10.2. The molecule has 2 atom stereocenters. The van der Waals surface area contributed by atoms with E-state index >= 15 is 0 Å². The average Bonchev–Trinajstić information content (AvgIpc) is 2.36. The van der Waals surface area contributed by atoms with Crippen LogP contribution in [0.3, 0.4) is 0 Å². The number of aliphatic hydroxyl groups is 2. The monoisotopic (exact) mass is 328 g/mol. The van der Waals surface area contributed by atoms with Crippen LogP contribution >= 0.6 is 0 Å². The first kappa shape index (κ1) is 17.4. The Labute approximate surface area is 117 Å². The molecule has 21 heavy (non-hydrogen) atoms. The normalized spacial score (nSPS) is 15.5. The van der Waals surface area contributed by atoms with E-state index in [4.69, 9.17) is 10.2 Å². The van der Waals surface area contributed by atoms with Crippen molar-refractivity contribution in [1.29, 1.82) is 0 Å². The van der Waals surface area contributed by atoms with Gasteiger partial charge in [0.15, 0.2) is 15.9 Å². The van der Waals surface area contributed by atoms with Gasteiger partial charge in [-0.05, 0) is 18.2 Å². The van der Waals surface area contributed by atoms with Crippen LogP contribution in [0.1, 0.15) is 5.56 Å². The van der Waals surface area contributed by atoms with Crippen molar-refractivity contribution in [2.24, 2.45) is 0 Å². The topological polar surface area (TPSA) is 112 Å². The van der Waals surface area contributed by atoms with E-state index in [2.05, 4.69) is 0 Å². The molecule has 0 heterocycles. The minimum atomic E-state index is -4.75. The first-order chi connectivity index (χ1) is 9.45. The lowest BCUT2D eigenvalue weighted by Crippen LogP contribution is -2.38. The number of sulfone groups is 1. The van der Waals surface area contributed by atoms with Crippen LogP contribution in [-0.2, 0) is 20.8 Å². The lowest BCUT2D eigenvalue weighted by Gasteiger charge is -2.15. The molecule has 0 amide bonds. The van der Waals surface area contributed by atoms with E-state index in [1.165, 1.54) is 0 Å². The second-order valence-corrected chi connectivity index (χ2v) is 6.19. The van der Waals surface area contributed by atoms with Gasteiger partial charge in [-0.1, -0.05) is 6.07 Å². The Kier molecular flexibility index (Phi) is 4.97. The zero-order valence-electron chi connectivity index (χ0n) is 10.3. The highest BCUT2D eigenvalue weighted by atomic mass is 32.2. The molecule has 0 saturated heterocycles. The Morgan fingerprint density at radius 1 is 1.24 bits per heavy atom. The fourth-order valence-electron chi connectivity index (χ4n) is 1.44. The van der Waals surface area contributed by atoms with Gasteiger partial charge in [-0.3, -0.25) is 0 Å². The van der Waals surface area contributed by atoms with Crippen molar-refractivity contribution in [2.45, 2.75) is 23.3 Å². The van der Waals surface area contributed by atoms with Crippen molar-refractivity contribution in [3.05, 3.63) is 29.8 Å². The Hall–Kier alpha value is -1.65. The number of hydrogen-bond donors (Lipinski definition) is 3. The van der Waals surface area contributed by atoms with Gasteiger partial charge in [0.1, 0.15) is 6.10 Å². The quantitative estimate of drug-likeness (QED) is 0.716. The van der Waals surface area contributed by atoms with E-state index in [9.17, 15) is 31.5 Å². The first-order valence-corrected chi connectivity index (χ1v) is 7.09. The number of aliphatic carboxylic acids is 1. The average molecular weight is 328 g/mol. The smallest absolute Gasteiger partial charge is 0.416 e. The molecule has 1 unspecified atom stereocenters. The molecule has 1 rings (SSSR count). The number of aliphatic hydroxyl groups excluding tert-OH is 2. The number of alkyl halides is 3. The van der Waals surface area contributed by atoms with Gasteiger partial charge in [0.05, 0.1) is 16.2 Å². The second kappa shape index (κ2) is 6.00. The predicted octanol–water partition coefficient (Wildman–Crippen LogP) is 0.285. The first-order valence-electron chi connectivity index (χ1n) is 5.44. The molecule has 0 aliphatic carbocycles. The molecule has 0 aliphatic heterocycles. The van der Waals surface area contributed by atoms with Crippen LogP contribution in [0.15, 0.2) is 29.2 Å². The van der Waals surface area contributed by atoms with Crippen LogP contribution in [0, 0.1) is 0 Å². The van der Waals surface area contributed by atoms with Crippen LogP contribution in [0.25, 0.3) is 0 Å². The van der Waals surface area contributed by atoms with E-state index in [-0.39, 0.29) is 0 Å². The zero-order valence-corrected chi connectivity index (χ0v) is 11.1. The molecule has 0 radical (unpaired) electrons. The molecule has 1 aromatic rings. The van der Waals surface area contributed by atoms with Crippen molar-refractivity contribution in [3.63, 3.8) is 0 Å². The predicted molar refractivity (Wildman–Crippen MR) is 63.1 cm³/mol. The van der Waals surface area contributed by atoms with E-state index in [1.54, 1.807) is 0 Å². The lowest BCUT2D eigenvalue weighted by molar-refractivity contribution is -0.151. The number of carboxylic acids is 1. The Morgan fingerprint density at radius 3 is 2.29 bits per heavy atom. The number of carbonyl (C=O) groups is 1. The molecule has 0 aromatic heterocycles. The highest BCUT2D eigenvalue weighted by Gasteiger charge is 2.33. The Bertz CT molecular complexity index is 625. The van der Waals surface area contributed by atoms with Crippen LogP contribution in [0.4, 0.5) is 13.2 Å². The van der Waals surface area contributed by atoms with Crippen molar-refractivity contribution in [3.8, 4) is 0 Å². The third-order valence-electron chi connectivity index (χ3n) is 2.53. The molecule has 10 heteroatoms. The van der Waals surface area contributed by atoms with Crippen LogP contribution in [-0.4, -0.2) is 47.7 Å². The molecule has 1 aromatic carbocycles. The summed E-state index contributed by atoms with van der Waals surface area (Å²) in [5.41, 5.74) is -1.20. The molecular weight excluding hydrogens is 317 g/mol. The van der Waals surface area contributed by atoms with Gasteiger partial charge in [0, 0.05) is 0 Å². The number of carboxylic acid groups (broad SMARTS) is 1. The largest absolute Gasteiger partial charge is 0.479 e. The fourth-order valence-corrected chi connectivity index (χ4v) is 2.86. The van der Waals surface area contributed by atoms with Crippen molar-refractivity contribution < 1.29 is 41.7 Å². The fraction of sp³-hybridized carbons (Fsp3) is 0.364. The van der Waals surface area contributed by atoms with Gasteiger partial charge in [0.2, 0.25) is 0 Å². The minimum Gasteiger partial charge on any atom is -0.479 e. The van der Waals surface area contributed by atoms with E-state index in [1.807, 2.05) is 0 Å². The van der Waals surface area contributed by atoms with Gasteiger partial charge in [0.25, 0.3) is 0 Å². The van der Waals surface area contributed by atoms with Gasteiger partial charge in [-0.15, -0.1) is 0 Å². The second-order valence-electron chi connectivity index (χ2n) is 4.16. The number of rotatable bonds is 5. The summed E-state index contributed by atoms with van der Waals surface area (Å²) in [4.78, 5) is 9.67. The maximum Gasteiger partial charge on any atom is 0.416 e. The number of benzene rings is 1. The third kappa shape index (κ3) is 4.41. The van der Waals surface area contributed by atoms with Crippen molar-refractivity contribution >= 4 is 15.8 Å². The molecule has 6 nitrogen and oxygen atoms in total. The van der Waals surface area contributed by atoms with Gasteiger partial charge >= 0.3 is 12.1 Å². The highest BCUT2D eigenvalue weighted by molar-refractivity contribution is 7.91. The maximum atomic E-state index is 12.5. The maximum absolute atomic E-state index is 12.5. The summed E-state index contributed by atoms with van der Waals surface area (Å²) in [5, 5.41) is 26.7. The SMILES string of the molecule is O=C(O)[C@H](O)C(O)CS(=O)(=O)c1cccc(C(F)(F)F)c1. The molecule has 0 aliphatic rings. The van der Waals surface area contributed by atoms with E-state index < -0.39 is 50.4 Å². The highest BCUT2D eigenvalue weighted by Crippen LogP contribution is 2.30. The van der Waals surface area contributed by atoms with Crippen LogP contribution < -0.4 is 0 Å². The van der Waals surface area contributed by atoms with Gasteiger partial charge < -0.3 is 15.3 Å². The Balaban J connectivity index is 3.07. The summed E-state index contributed by atoms with van der Waals surface area (Å²) in [6.45, 7) is 0. The van der Waals surface area contributed by atoms with Crippen LogP contribution in [0.2, 0.25) is 0 Å². The Morgan fingerprint density at radius 2 is 1.81 bits per heavy atom. The summed E-state index contributed by atoms with van der Waals surface area (Å²) in [6.07, 6.45) is -9.27. The molecule has 0 spiro atoms. The summed E-state index contributed by atoms with van der Waals surface area (Å²) in [6, 6.07) is 2.79. The summed E-state index contributed by atoms with van der Waals surface area (Å²) < 4.78 is 61.1. The molecule has 0 fully saturated rings.